The Morgan fingerprint density at radius 1 is 1.39 bits per heavy atom. The molecular weight excluding hydrogens is 224 g/mol. The van der Waals surface area contributed by atoms with Crippen molar-refractivity contribution >= 4 is 11.9 Å². The lowest BCUT2D eigenvalue weighted by atomic mass is 9.94. The maximum atomic E-state index is 12.4. The fourth-order valence-electron chi connectivity index (χ4n) is 2.03. The molecule has 0 radical (unpaired) electrons. The molecule has 0 bridgehead atoms. The van der Waals surface area contributed by atoms with Gasteiger partial charge in [0.2, 0.25) is 0 Å². The lowest BCUT2D eigenvalue weighted by Gasteiger charge is -2.08. The van der Waals surface area contributed by atoms with E-state index in [1.165, 1.54) is 0 Å². The second-order valence-corrected chi connectivity index (χ2v) is 5.25. The van der Waals surface area contributed by atoms with E-state index in [1.54, 1.807) is 6.08 Å². The van der Waals surface area contributed by atoms with Crippen molar-refractivity contribution in [3.05, 3.63) is 23.5 Å². The van der Waals surface area contributed by atoms with E-state index in [4.69, 9.17) is 0 Å². The minimum atomic E-state index is -0.0134. The number of carbonyl (C=O) groups excluding carboxylic acids is 1. The molecule has 0 N–H and O–H groups in total. The fourth-order valence-corrected chi connectivity index (χ4v) is 2.03. The SMILES string of the molecule is C=Cc1c(C(=O)C(C)C)c(C(C)C)nn1CCC. The first-order valence-electron chi connectivity index (χ1n) is 6.71. The molecule has 3 nitrogen and oxygen atoms in total. The summed E-state index contributed by atoms with van der Waals surface area (Å²) >= 11 is 0. The molecule has 1 aromatic rings. The second-order valence-electron chi connectivity index (χ2n) is 5.25. The normalized spacial score (nSPS) is 11.3. The van der Waals surface area contributed by atoms with Crippen LogP contribution in [0.25, 0.3) is 6.08 Å². The smallest absolute Gasteiger partial charge is 0.169 e. The Hall–Kier alpha value is -1.38. The maximum absolute atomic E-state index is 12.4. The predicted octanol–water partition coefficient (Wildman–Crippen LogP) is 3.90. The van der Waals surface area contributed by atoms with E-state index in [0.717, 1.165) is 29.9 Å². The highest BCUT2D eigenvalue weighted by atomic mass is 16.1. The van der Waals surface area contributed by atoms with Crippen molar-refractivity contribution in [2.75, 3.05) is 0 Å². The summed E-state index contributed by atoms with van der Waals surface area (Å²) in [5.41, 5.74) is 2.54. The van der Waals surface area contributed by atoms with Gasteiger partial charge in [-0.1, -0.05) is 41.2 Å². The quantitative estimate of drug-likeness (QED) is 0.716. The summed E-state index contributed by atoms with van der Waals surface area (Å²) in [4.78, 5) is 12.4. The molecule has 1 rings (SSSR count). The van der Waals surface area contributed by atoms with Crippen molar-refractivity contribution < 1.29 is 4.79 Å². The summed E-state index contributed by atoms with van der Waals surface area (Å²) in [6.45, 7) is 14.8. The Morgan fingerprint density at radius 3 is 2.39 bits per heavy atom. The van der Waals surface area contributed by atoms with Crippen LogP contribution in [0.15, 0.2) is 6.58 Å². The molecule has 0 saturated carbocycles. The Kier molecular flexibility index (Phi) is 4.88. The zero-order valence-corrected chi connectivity index (χ0v) is 12.2. The lowest BCUT2D eigenvalue weighted by Crippen LogP contribution is -2.11. The number of hydrogen-bond acceptors (Lipinski definition) is 2. The molecule has 0 unspecified atom stereocenters. The Balaban J connectivity index is 3.43. The number of aryl methyl sites for hydroxylation is 1. The van der Waals surface area contributed by atoms with Gasteiger partial charge >= 0.3 is 0 Å². The van der Waals surface area contributed by atoms with Crippen molar-refractivity contribution in [3.63, 3.8) is 0 Å². The Bertz CT molecular complexity index is 442. The summed E-state index contributed by atoms with van der Waals surface area (Å²) in [5, 5.41) is 4.60. The van der Waals surface area contributed by atoms with Crippen LogP contribution in [-0.4, -0.2) is 15.6 Å². The third-order valence-corrected chi connectivity index (χ3v) is 2.97. The van der Waals surface area contributed by atoms with Gasteiger partial charge in [0.15, 0.2) is 5.78 Å². The molecule has 0 spiro atoms. The minimum Gasteiger partial charge on any atom is -0.294 e. The largest absolute Gasteiger partial charge is 0.294 e. The first-order valence-corrected chi connectivity index (χ1v) is 6.71. The van der Waals surface area contributed by atoms with Gasteiger partial charge in [-0.2, -0.15) is 5.10 Å². The van der Waals surface area contributed by atoms with Crippen LogP contribution in [0.4, 0.5) is 0 Å². The molecule has 18 heavy (non-hydrogen) atoms. The van der Waals surface area contributed by atoms with Gasteiger partial charge in [-0.15, -0.1) is 0 Å². The van der Waals surface area contributed by atoms with Gasteiger partial charge in [0, 0.05) is 12.5 Å². The third kappa shape index (κ3) is 2.71. The average Bonchev–Trinajstić information content (AvgIpc) is 2.67. The molecule has 0 aliphatic carbocycles. The lowest BCUT2D eigenvalue weighted by molar-refractivity contribution is 0.0938. The van der Waals surface area contributed by atoms with Crippen LogP contribution in [-0.2, 0) is 6.54 Å². The van der Waals surface area contributed by atoms with E-state index in [9.17, 15) is 4.79 Å². The Morgan fingerprint density at radius 2 is 2.00 bits per heavy atom. The number of nitrogens with zero attached hydrogens (tertiary/aromatic N) is 2. The molecule has 3 heteroatoms. The molecule has 0 aliphatic rings. The second kappa shape index (κ2) is 5.98. The predicted molar refractivity (Wildman–Crippen MR) is 75.9 cm³/mol. The molecule has 0 aliphatic heterocycles. The average molecular weight is 248 g/mol. The van der Waals surface area contributed by atoms with E-state index < -0.39 is 0 Å². The number of hydrogen-bond donors (Lipinski definition) is 0. The molecule has 1 aromatic heterocycles. The van der Waals surface area contributed by atoms with Crippen LogP contribution in [0.3, 0.4) is 0 Å². The van der Waals surface area contributed by atoms with Gasteiger partial charge in [0.05, 0.1) is 17.0 Å². The van der Waals surface area contributed by atoms with Crippen LogP contribution in [0.5, 0.6) is 0 Å². The van der Waals surface area contributed by atoms with E-state index >= 15 is 0 Å². The molecule has 0 aromatic carbocycles. The monoisotopic (exact) mass is 248 g/mol. The first kappa shape index (κ1) is 14.7. The molecule has 1 heterocycles. The number of Topliss-reactive ketones (excluding diaryl/α,β-unsaturated/α-hetero) is 1. The van der Waals surface area contributed by atoms with Crippen LogP contribution < -0.4 is 0 Å². The van der Waals surface area contributed by atoms with Crippen LogP contribution in [0.1, 0.15) is 68.7 Å². The summed E-state index contributed by atoms with van der Waals surface area (Å²) in [6.07, 6.45) is 2.75. The van der Waals surface area contributed by atoms with Crippen molar-refractivity contribution in [3.8, 4) is 0 Å². The van der Waals surface area contributed by atoms with E-state index in [1.807, 2.05) is 18.5 Å². The summed E-state index contributed by atoms with van der Waals surface area (Å²) in [5.74, 6) is 0.399. The number of carbonyl (C=O) groups is 1. The highest BCUT2D eigenvalue weighted by molar-refractivity contribution is 6.01. The van der Waals surface area contributed by atoms with Gasteiger partial charge in [0.25, 0.3) is 0 Å². The standard InChI is InChI=1S/C15H24N2O/c1-7-9-17-12(8-2)13(15(18)11(5)6)14(16-17)10(3)4/h8,10-11H,2,7,9H2,1,3-6H3. The zero-order valence-electron chi connectivity index (χ0n) is 12.2. The van der Waals surface area contributed by atoms with Crippen molar-refractivity contribution in [2.24, 2.45) is 5.92 Å². The zero-order chi connectivity index (χ0) is 13.9. The topological polar surface area (TPSA) is 34.9 Å². The van der Waals surface area contributed by atoms with Gasteiger partial charge in [-0.05, 0) is 18.4 Å². The summed E-state index contributed by atoms with van der Waals surface area (Å²) < 4.78 is 1.91. The molecule has 0 atom stereocenters. The molecule has 0 amide bonds. The van der Waals surface area contributed by atoms with Crippen molar-refractivity contribution in [2.45, 2.75) is 53.5 Å². The van der Waals surface area contributed by atoms with E-state index in [2.05, 4.69) is 32.4 Å². The summed E-state index contributed by atoms with van der Waals surface area (Å²) in [7, 11) is 0. The van der Waals surface area contributed by atoms with Crippen LogP contribution in [0, 0.1) is 5.92 Å². The number of aromatic nitrogens is 2. The van der Waals surface area contributed by atoms with Gasteiger partial charge < -0.3 is 0 Å². The highest BCUT2D eigenvalue weighted by Gasteiger charge is 2.25. The van der Waals surface area contributed by atoms with Crippen LogP contribution in [0.2, 0.25) is 0 Å². The van der Waals surface area contributed by atoms with Gasteiger partial charge in [-0.25, -0.2) is 0 Å². The Labute approximate surface area is 110 Å². The van der Waals surface area contributed by atoms with Gasteiger partial charge in [-0.3, -0.25) is 9.48 Å². The number of rotatable bonds is 6. The van der Waals surface area contributed by atoms with Crippen LogP contribution >= 0.6 is 0 Å². The fraction of sp³-hybridized carbons (Fsp3) is 0.600. The van der Waals surface area contributed by atoms with Gasteiger partial charge in [0.1, 0.15) is 0 Å². The van der Waals surface area contributed by atoms with E-state index in [0.29, 0.717) is 0 Å². The van der Waals surface area contributed by atoms with E-state index in [-0.39, 0.29) is 17.6 Å². The highest BCUT2D eigenvalue weighted by Crippen LogP contribution is 2.25. The van der Waals surface area contributed by atoms with Crippen molar-refractivity contribution in [1.29, 1.82) is 0 Å². The molecular formula is C15H24N2O. The van der Waals surface area contributed by atoms with Crippen molar-refractivity contribution in [1.82, 2.24) is 9.78 Å². The maximum Gasteiger partial charge on any atom is 0.169 e. The third-order valence-electron chi connectivity index (χ3n) is 2.97. The molecule has 0 fully saturated rings. The molecule has 100 valence electrons. The molecule has 0 saturated heterocycles. The first-order chi connectivity index (χ1) is 8.43. The number of ketones is 1. The minimum absolute atomic E-state index is 0.0134. The summed E-state index contributed by atoms with van der Waals surface area (Å²) in [6, 6.07) is 0.